The highest BCUT2D eigenvalue weighted by Crippen LogP contribution is 2.30. The summed E-state index contributed by atoms with van der Waals surface area (Å²) >= 11 is 0. The Kier molecular flexibility index (Phi) is 7.35. The highest BCUT2D eigenvalue weighted by molar-refractivity contribution is 5.89. The lowest BCUT2D eigenvalue weighted by atomic mass is 9.83. The third-order valence-corrected chi connectivity index (χ3v) is 5.54. The molecule has 0 saturated heterocycles. The fraction of sp³-hybridized carbons (Fsp3) is 0.458. The van der Waals surface area contributed by atoms with Gasteiger partial charge in [0.15, 0.2) is 0 Å². The van der Waals surface area contributed by atoms with Crippen molar-refractivity contribution in [2.75, 3.05) is 20.3 Å². The van der Waals surface area contributed by atoms with E-state index in [1.165, 1.54) is 38.4 Å². The molecule has 0 amide bonds. The largest absolute Gasteiger partial charge is 0.493 e. The van der Waals surface area contributed by atoms with Crippen LogP contribution in [0.5, 0.6) is 11.5 Å². The molecule has 4 heteroatoms. The van der Waals surface area contributed by atoms with E-state index < -0.39 is 0 Å². The zero-order chi connectivity index (χ0) is 19.8. The van der Waals surface area contributed by atoms with Gasteiger partial charge in [0.1, 0.15) is 11.5 Å². The lowest BCUT2D eigenvalue weighted by molar-refractivity contribution is 0.0600. The van der Waals surface area contributed by atoms with Crippen LogP contribution in [0, 0.1) is 11.8 Å². The first-order valence-electron chi connectivity index (χ1n) is 10.2. The Hall–Kier alpha value is -2.49. The minimum atomic E-state index is -0.326. The molecule has 0 heterocycles. The summed E-state index contributed by atoms with van der Waals surface area (Å²) in [5.74, 6) is 2.65. The van der Waals surface area contributed by atoms with E-state index in [2.05, 4.69) is 31.2 Å². The predicted octanol–water partition coefficient (Wildman–Crippen LogP) is 5.30. The van der Waals surface area contributed by atoms with E-state index in [1.54, 1.807) is 12.1 Å². The molecule has 0 N–H and O–H groups in total. The maximum Gasteiger partial charge on any atom is 0.337 e. The number of aryl methyl sites for hydroxylation is 1. The summed E-state index contributed by atoms with van der Waals surface area (Å²) in [6.45, 7) is 3.69. The molecule has 1 aliphatic carbocycles. The van der Waals surface area contributed by atoms with Crippen molar-refractivity contribution in [1.82, 2.24) is 0 Å². The van der Waals surface area contributed by atoms with Crippen LogP contribution in [0.15, 0.2) is 48.5 Å². The number of carbonyl (C=O) groups excluding carboxylic acids is 1. The molecule has 0 unspecified atom stereocenters. The van der Waals surface area contributed by atoms with Gasteiger partial charge in [-0.15, -0.1) is 0 Å². The average molecular weight is 383 g/mol. The van der Waals surface area contributed by atoms with Crippen LogP contribution >= 0.6 is 0 Å². The Morgan fingerprint density at radius 1 is 0.821 bits per heavy atom. The summed E-state index contributed by atoms with van der Waals surface area (Å²) < 4.78 is 16.6. The standard InChI is InChI=1S/C24H30O4/c1-3-18-8-12-22(13-9-18)27-16-19-4-6-20(7-5-19)17-28-23-14-10-21(11-15-23)24(25)26-2/h8-15,19-20H,3-7,16-17H2,1-2H3. The van der Waals surface area contributed by atoms with Gasteiger partial charge in [-0.1, -0.05) is 19.1 Å². The van der Waals surface area contributed by atoms with Crippen LogP contribution in [0.4, 0.5) is 0 Å². The lowest BCUT2D eigenvalue weighted by Crippen LogP contribution is -2.23. The molecule has 0 radical (unpaired) electrons. The SMILES string of the molecule is CCc1ccc(OCC2CCC(COc3ccc(C(=O)OC)cc3)CC2)cc1. The number of hydrogen-bond acceptors (Lipinski definition) is 4. The number of benzene rings is 2. The molecule has 0 aromatic heterocycles. The van der Waals surface area contributed by atoms with Gasteiger partial charge >= 0.3 is 5.97 Å². The highest BCUT2D eigenvalue weighted by atomic mass is 16.5. The minimum Gasteiger partial charge on any atom is -0.493 e. The Labute approximate surface area is 167 Å². The maximum absolute atomic E-state index is 11.5. The molecule has 1 aliphatic rings. The zero-order valence-corrected chi connectivity index (χ0v) is 16.9. The van der Waals surface area contributed by atoms with Crippen LogP contribution in [0.1, 0.15) is 48.5 Å². The van der Waals surface area contributed by atoms with Crippen LogP contribution < -0.4 is 9.47 Å². The molecule has 2 aromatic rings. The van der Waals surface area contributed by atoms with Crippen LogP contribution in [-0.2, 0) is 11.2 Å². The fourth-order valence-corrected chi connectivity index (χ4v) is 3.62. The van der Waals surface area contributed by atoms with Crippen molar-refractivity contribution in [3.8, 4) is 11.5 Å². The monoisotopic (exact) mass is 382 g/mol. The molecular formula is C24H30O4. The topological polar surface area (TPSA) is 44.8 Å². The van der Waals surface area contributed by atoms with Gasteiger partial charge in [0.05, 0.1) is 25.9 Å². The number of methoxy groups -OCH3 is 1. The van der Waals surface area contributed by atoms with E-state index in [-0.39, 0.29) is 5.97 Å². The maximum atomic E-state index is 11.5. The Morgan fingerprint density at radius 2 is 1.29 bits per heavy atom. The second kappa shape index (κ2) is 10.2. The van der Waals surface area contributed by atoms with E-state index in [0.29, 0.717) is 17.4 Å². The van der Waals surface area contributed by atoms with Crippen molar-refractivity contribution in [3.05, 3.63) is 59.7 Å². The van der Waals surface area contributed by atoms with Gasteiger partial charge in [0.2, 0.25) is 0 Å². The number of hydrogen-bond donors (Lipinski definition) is 0. The summed E-state index contributed by atoms with van der Waals surface area (Å²) in [5.41, 5.74) is 1.88. The first kappa shape index (κ1) is 20.2. The van der Waals surface area contributed by atoms with Gasteiger partial charge in [-0.2, -0.15) is 0 Å². The van der Waals surface area contributed by atoms with Gasteiger partial charge in [0.25, 0.3) is 0 Å². The first-order valence-corrected chi connectivity index (χ1v) is 10.2. The Morgan fingerprint density at radius 3 is 1.71 bits per heavy atom. The summed E-state index contributed by atoms with van der Waals surface area (Å²) in [6, 6.07) is 15.6. The predicted molar refractivity (Wildman–Crippen MR) is 110 cm³/mol. The number of rotatable bonds is 8. The van der Waals surface area contributed by atoms with Gasteiger partial charge in [-0.25, -0.2) is 4.79 Å². The molecule has 0 spiro atoms. The summed E-state index contributed by atoms with van der Waals surface area (Å²) in [4.78, 5) is 11.5. The van der Waals surface area contributed by atoms with Crippen LogP contribution in [-0.4, -0.2) is 26.3 Å². The van der Waals surface area contributed by atoms with E-state index >= 15 is 0 Å². The lowest BCUT2D eigenvalue weighted by Gasteiger charge is -2.28. The molecule has 2 aromatic carbocycles. The third kappa shape index (κ3) is 5.75. The smallest absolute Gasteiger partial charge is 0.337 e. The van der Waals surface area contributed by atoms with Crippen molar-refractivity contribution in [2.24, 2.45) is 11.8 Å². The molecule has 1 saturated carbocycles. The summed E-state index contributed by atoms with van der Waals surface area (Å²) in [7, 11) is 1.39. The summed E-state index contributed by atoms with van der Waals surface area (Å²) in [5, 5.41) is 0. The third-order valence-electron chi connectivity index (χ3n) is 5.54. The van der Waals surface area contributed by atoms with Gasteiger partial charge in [0, 0.05) is 0 Å². The zero-order valence-electron chi connectivity index (χ0n) is 16.9. The second-order valence-electron chi connectivity index (χ2n) is 7.52. The van der Waals surface area contributed by atoms with Gasteiger partial charge in [-0.05, 0) is 85.9 Å². The number of carbonyl (C=O) groups is 1. The van der Waals surface area contributed by atoms with E-state index in [4.69, 9.17) is 14.2 Å². The molecule has 4 nitrogen and oxygen atoms in total. The molecule has 0 atom stereocenters. The van der Waals surface area contributed by atoms with Gasteiger partial charge < -0.3 is 14.2 Å². The highest BCUT2D eigenvalue weighted by Gasteiger charge is 2.22. The molecule has 150 valence electrons. The van der Waals surface area contributed by atoms with Crippen molar-refractivity contribution < 1.29 is 19.0 Å². The van der Waals surface area contributed by atoms with E-state index in [0.717, 1.165) is 31.1 Å². The quantitative estimate of drug-likeness (QED) is 0.581. The van der Waals surface area contributed by atoms with Crippen molar-refractivity contribution in [1.29, 1.82) is 0 Å². The Balaban J connectivity index is 1.36. The molecule has 0 aliphatic heterocycles. The first-order chi connectivity index (χ1) is 13.7. The molecule has 3 rings (SSSR count). The molecule has 1 fully saturated rings. The van der Waals surface area contributed by atoms with Crippen LogP contribution in [0.3, 0.4) is 0 Å². The Bertz CT molecular complexity index is 728. The van der Waals surface area contributed by atoms with Crippen LogP contribution in [0.25, 0.3) is 0 Å². The van der Waals surface area contributed by atoms with Crippen LogP contribution in [0.2, 0.25) is 0 Å². The number of ether oxygens (including phenoxy) is 3. The summed E-state index contributed by atoms with van der Waals surface area (Å²) in [6.07, 6.45) is 5.76. The molecular weight excluding hydrogens is 352 g/mol. The van der Waals surface area contributed by atoms with E-state index in [1.807, 2.05) is 12.1 Å². The number of esters is 1. The average Bonchev–Trinajstić information content (AvgIpc) is 2.77. The van der Waals surface area contributed by atoms with E-state index in [9.17, 15) is 4.79 Å². The van der Waals surface area contributed by atoms with Crippen molar-refractivity contribution in [2.45, 2.75) is 39.0 Å². The second-order valence-corrected chi connectivity index (χ2v) is 7.52. The van der Waals surface area contributed by atoms with Crippen molar-refractivity contribution >= 4 is 5.97 Å². The van der Waals surface area contributed by atoms with Gasteiger partial charge in [-0.3, -0.25) is 0 Å². The van der Waals surface area contributed by atoms with Crippen molar-refractivity contribution in [3.63, 3.8) is 0 Å². The molecule has 28 heavy (non-hydrogen) atoms. The minimum absolute atomic E-state index is 0.326. The molecule has 0 bridgehead atoms. The fourth-order valence-electron chi connectivity index (χ4n) is 3.62. The normalized spacial score (nSPS) is 19.1.